The van der Waals surface area contributed by atoms with Crippen LogP contribution < -0.4 is 21.7 Å². The summed E-state index contributed by atoms with van der Waals surface area (Å²) in [6, 6.07) is 41.3. The van der Waals surface area contributed by atoms with Gasteiger partial charge >= 0.3 is 0 Å². The van der Waals surface area contributed by atoms with Gasteiger partial charge in [-0.3, -0.25) is 10.2 Å². The number of aromatic nitrogens is 2. The summed E-state index contributed by atoms with van der Waals surface area (Å²) in [5.41, 5.74) is 1.23. The average Bonchev–Trinajstić information content (AvgIpc) is 3.05. The van der Waals surface area contributed by atoms with Gasteiger partial charge in [-0.2, -0.15) is 0 Å². The smallest absolute Gasteiger partial charge is 0.175 e. The Morgan fingerprint density at radius 1 is 0.333 bits per heavy atom. The fourth-order valence-electron chi connectivity index (χ4n) is 5.25. The second kappa shape index (κ2) is 10.3. The second-order valence-electron chi connectivity index (χ2n) is 9.78. The molecule has 200 valence electrons. The van der Waals surface area contributed by atoms with E-state index in [1.54, 1.807) is 22.7 Å². The molecular weight excluding hydrogens is 557 g/mol. The molecule has 8 aromatic rings. The highest BCUT2D eigenvalue weighted by Crippen LogP contribution is 2.25. The quantitative estimate of drug-likeness (QED) is 0.163. The van der Waals surface area contributed by atoms with Gasteiger partial charge in [0.15, 0.2) is 11.0 Å². The molecule has 0 unspecified atom stereocenters. The van der Waals surface area contributed by atoms with Crippen LogP contribution in [0.3, 0.4) is 0 Å². The van der Waals surface area contributed by atoms with Crippen LogP contribution in [-0.4, -0.2) is 10.2 Å². The number of fused-ring (bicyclic) bond motifs is 5. The molecule has 0 aliphatic carbocycles. The first-order chi connectivity index (χ1) is 20.8. The van der Waals surface area contributed by atoms with E-state index in [2.05, 4.69) is 83.0 Å². The molecule has 0 amide bonds. The lowest BCUT2D eigenvalue weighted by Crippen LogP contribution is -2.21. The summed E-state index contributed by atoms with van der Waals surface area (Å²) in [5, 5.41) is 33.3. The van der Waals surface area contributed by atoms with E-state index in [-0.39, 0.29) is 0 Å². The summed E-state index contributed by atoms with van der Waals surface area (Å²) in [6.45, 7) is 0. The van der Waals surface area contributed by atoms with Crippen molar-refractivity contribution in [2.75, 3.05) is 0 Å². The van der Waals surface area contributed by atoms with Gasteiger partial charge in [0.2, 0.25) is 0 Å². The molecule has 3 aromatic heterocycles. The van der Waals surface area contributed by atoms with Crippen molar-refractivity contribution in [3.05, 3.63) is 143 Å². The van der Waals surface area contributed by atoms with Crippen LogP contribution in [0.4, 0.5) is 0 Å². The first kappa shape index (κ1) is 24.6. The van der Waals surface area contributed by atoms with Crippen molar-refractivity contribution in [1.82, 2.24) is 10.2 Å². The molecule has 0 saturated carbocycles. The molecular formula is C34H22N6S2. The fraction of sp³-hybridized carbons (Fsp3) is 0. The topological polar surface area (TPSA) is 81.0 Å². The Morgan fingerprint density at radius 2 is 0.619 bits per heavy atom. The van der Waals surface area contributed by atoms with Gasteiger partial charge in [0.05, 0.1) is 0 Å². The molecule has 3 heterocycles. The van der Waals surface area contributed by atoms with Crippen LogP contribution in [0.2, 0.25) is 0 Å². The molecule has 0 atom stereocenters. The van der Waals surface area contributed by atoms with Crippen molar-refractivity contribution in [1.29, 1.82) is 0 Å². The van der Waals surface area contributed by atoms with Gasteiger partial charge in [-0.1, -0.05) is 97.1 Å². The molecule has 8 rings (SSSR count). The van der Waals surface area contributed by atoms with Crippen LogP contribution in [0, 0.1) is 0 Å². The molecule has 8 heteroatoms. The van der Waals surface area contributed by atoms with Crippen molar-refractivity contribution >= 4 is 73.8 Å². The largest absolute Gasteiger partial charge is 0.281 e. The minimum absolute atomic E-state index is 0.614. The number of rotatable bonds is 2. The van der Waals surface area contributed by atoms with Crippen molar-refractivity contribution < 1.29 is 0 Å². The third-order valence-electron chi connectivity index (χ3n) is 7.25. The van der Waals surface area contributed by atoms with Crippen LogP contribution in [0.5, 0.6) is 0 Å². The maximum absolute atomic E-state index is 4.80. The Hall–Kier alpha value is -5.18. The van der Waals surface area contributed by atoms with E-state index in [4.69, 9.17) is 20.4 Å². The molecule has 0 spiro atoms. The normalized spacial score (nSPS) is 12.6. The Balaban J connectivity index is 1.38. The van der Waals surface area contributed by atoms with Crippen LogP contribution in [-0.2, 0) is 0 Å². The first-order valence-corrected chi connectivity index (χ1v) is 15.1. The minimum atomic E-state index is 0.614. The molecule has 0 radical (unpaired) electrons. The van der Waals surface area contributed by atoms with Gasteiger partial charge in [-0.15, -0.1) is 43.1 Å². The van der Waals surface area contributed by atoms with Crippen molar-refractivity contribution in [2.45, 2.75) is 0 Å². The number of aromatic amines is 2. The summed E-state index contributed by atoms with van der Waals surface area (Å²) in [4.78, 5) is 0. The summed E-state index contributed by atoms with van der Waals surface area (Å²) in [5.74, 6) is 0. The zero-order chi connectivity index (χ0) is 27.9. The van der Waals surface area contributed by atoms with E-state index in [0.29, 0.717) is 11.0 Å². The zero-order valence-corrected chi connectivity index (χ0v) is 23.8. The van der Waals surface area contributed by atoms with Gasteiger partial charge in [0.1, 0.15) is 10.7 Å². The van der Waals surface area contributed by atoms with E-state index < -0.39 is 0 Å². The Kier molecular flexibility index (Phi) is 6.05. The lowest BCUT2D eigenvalue weighted by molar-refractivity contribution is 0.880. The first-order valence-electron chi connectivity index (χ1n) is 13.5. The Morgan fingerprint density at radius 3 is 0.952 bits per heavy atom. The third-order valence-corrected chi connectivity index (χ3v) is 9.55. The molecule has 5 aromatic carbocycles. The SMILES string of the molecule is c1ccc2c(=N/N=c3/[nH][nH]/c(=N/N=c4c5ccccc5sc5ccccc45)c4ccccc34)c3ccccc3sc2c1. The van der Waals surface area contributed by atoms with Gasteiger partial charge < -0.3 is 0 Å². The maximum Gasteiger partial charge on any atom is 0.175 e. The van der Waals surface area contributed by atoms with Gasteiger partial charge in [-0.25, -0.2) is 0 Å². The van der Waals surface area contributed by atoms with Crippen LogP contribution in [0.1, 0.15) is 0 Å². The predicted octanol–water partition coefficient (Wildman–Crippen LogP) is 7.07. The molecule has 6 nitrogen and oxygen atoms in total. The molecule has 0 bridgehead atoms. The highest BCUT2D eigenvalue weighted by Gasteiger charge is 2.06. The number of H-pyrrole nitrogens is 2. The van der Waals surface area contributed by atoms with Crippen LogP contribution in [0.25, 0.3) is 51.1 Å². The number of hydrogen-bond acceptors (Lipinski definition) is 6. The lowest BCUT2D eigenvalue weighted by atomic mass is 10.2. The number of nitrogens with one attached hydrogen (secondary N) is 2. The fourth-order valence-corrected chi connectivity index (χ4v) is 7.41. The predicted molar refractivity (Wildman–Crippen MR) is 174 cm³/mol. The number of benzene rings is 5. The van der Waals surface area contributed by atoms with E-state index >= 15 is 0 Å². The molecule has 0 aliphatic heterocycles. The van der Waals surface area contributed by atoms with Crippen molar-refractivity contribution in [2.24, 2.45) is 20.4 Å². The standard InChI is InChI=1S/C34H22N6S2/c1-2-12-22-21(11-1)33(37-35-31-23-13-3-7-17-27(23)41-28-18-8-4-14-24(28)31)39-40-34(22)38-36-32-25-15-5-9-19-29(25)42-30-20-10-6-16-26(30)32/h1-20H,(H,37,39)(H,38,40). The Labute approximate surface area is 246 Å². The van der Waals surface area contributed by atoms with Crippen molar-refractivity contribution in [3.8, 4) is 0 Å². The van der Waals surface area contributed by atoms with Crippen molar-refractivity contribution in [3.63, 3.8) is 0 Å². The minimum Gasteiger partial charge on any atom is -0.281 e. The maximum atomic E-state index is 4.80. The van der Waals surface area contributed by atoms with E-state index in [1.165, 1.54) is 18.8 Å². The van der Waals surface area contributed by atoms with Gasteiger partial charge in [-0.05, 0) is 24.3 Å². The number of hydrogen-bond donors (Lipinski definition) is 2. The van der Waals surface area contributed by atoms with Crippen LogP contribution >= 0.6 is 22.7 Å². The summed E-state index contributed by atoms with van der Waals surface area (Å²) in [7, 11) is 0. The monoisotopic (exact) mass is 578 g/mol. The molecule has 0 saturated heterocycles. The molecule has 42 heavy (non-hydrogen) atoms. The number of nitrogens with zero attached hydrogens (tertiary/aromatic N) is 4. The van der Waals surface area contributed by atoms with Gasteiger partial charge in [0.25, 0.3) is 0 Å². The second-order valence-corrected chi connectivity index (χ2v) is 11.9. The highest BCUT2D eigenvalue weighted by molar-refractivity contribution is 7.24. The average molecular weight is 579 g/mol. The highest BCUT2D eigenvalue weighted by atomic mass is 32.1. The van der Waals surface area contributed by atoms with Gasteiger partial charge in [0, 0.05) is 51.1 Å². The Bertz CT molecular complexity index is 2310. The molecule has 0 aliphatic rings. The van der Waals surface area contributed by atoms with E-state index in [0.717, 1.165) is 43.0 Å². The summed E-state index contributed by atoms with van der Waals surface area (Å²) < 4.78 is 4.68. The van der Waals surface area contributed by atoms with Crippen LogP contribution in [0.15, 0.2) is 142 Å². The molecule has 0 fully saturated rings. The molecule has 2 N–H and O–H groups in total. The summed E-state index contributed by atoms with van der Waals surface area (Å²) in [6.07, 6.45) is 0. The third kappa shape index (κ3) is 4.25. The summed E-state index contributed by atoms with van der Waals surface area (Å²) >= 11 is 3.52. The van der Waals surface area contributed by atoms with E-state index in [9.17, 15) is 0 Å². The zero-order valence-electron chi connectivity index (χ0n) is 22.2. The lowest BCUT2D eigenvalue weighted by Gasteiger charge is -2.03. The van der Waals surface area contributed by atoms with E-state index in [1.807, 2.05) is 48.5 Å².